The van der Waals surface area contributed by atoms with Crippen molar-refractivity contribution in [2.24, 2.45) is 11.5 Å². The second-order valence-electron chi connectivity index (χ2n) is 8.80. The number of carbonyl (C=O) groups is 1. The highest BCUT2D eigenvalue weighted by Crippen LogP contribution is 2.43. The van der Waals surface area contributed by atoms with Crippen LogP contribution in [0.1, 0.15) is 51.5 Å². The second-order valence-corrected chi connectivity index (χ2v) is 8.80. The number of rotatable bonds is 6. The van der Waals surface area contributed by atoms with Gasteiger partial charge in [-0.1, -0.05) is 6.42 Å². The molecule has 168 valence electrons. The van der Waals surface area contributed by atoms with Gasteiger partial charge in [-0.3, -0.25) is 9.36 Å². The van der Waals surface area contributed by atoms with E-state index in [1.165, 1.54) is 10.6 Å². The van der Waals surface area contributed by atoms with Crippen LogP contribution < -0.4 is 22.9 Å². The van der Waals surface area contributed by atoms with Gasteiger partial charge in [-0.05, 0) is 45.2 Å². The zero-order valence-corrected chi connectivity index (χ0v) is 17.6. The summed E-state index contributed by atoms with van der Waals surface area (Å²) < 4.78 is 7.58. The van der Waals surface area contributed by atoms with Crippen LogP contribution in [0, 0.1) is 0 Å². The van der Waals surface area contributed by atoms with Crippen molar-refractivity contribution in [1.82, 2.24) is 14.5 Å². The molecule has 2 fully saturated rings. The number of piperidine rings is 1. The minimum absolute atomic E-state index is 0.0400. The Morgan fingerprint density at radius 1 is 1.40 bits per heavy atom. The van der Waals surface area contributed by atoms with Gasteiger partial charge in [0.15, 0.2) is 0 Å². The third kappa shape index (κ3) is 4.83. The van der Waals surface area contributed by atoms with Crippen molar-refractivity contribution >= 4 is 11.7 Å². The highest BCUT2D eigenvalue weighted by Gasteiger charge is 2.50. The summed E-state index contributed by atoms with van der Waals surface area (Å²) in [5, 5.41) is 11.2. The van der Waals surface area contributed by atoms with E-state index < -0.39 is 29.0 Å². The molecule has 1 spiro atoms. The van der Waals surface area contributed by atoms with Gasteiger partial charge in [0.25, 0.3) is 0 Å². The number of carbonyl (C=O) groups excluding carboxylic acids is 1. The third-order valence-corrected chi connectivity index (χ3v) is 6.41. The Labute approximate surface area is 176 Å². The zero-order valence-electron chi connectivity index (χ0n) is 17.6. The van der Waals surface area contributed by atoms with Crippen LogP contribution in [0.2, 0.25) is 0 Å². The van der Waals surface area contributed by atoms with E-state index in [9.17, 15) is 14.7 Å². The van der Waals surface area contributed by atoms with Crippen LogP contribution in [-0.4, -0.2) is 68.9 Å². The lowest BCUT2D eigenvalue weighted by Crippen LogP contribution is -2.59. The first-order valence-electron chi connectivity index (χ1n) is 10.6. The number of amides is 1. The molecule has 0 bridgehead atoms. The number of nitrogens with two attached hydrogens (primary N) is 3. The van der Waals surface area contributed by atoms with Crippen molar-refractivity contribution in [2.75, 3.05) is 32.0 Å². The van der Waals surface area contributed by atoms with E-state index in [1.54, 1.807) is 18.0 Å². The number of ether oxygens (including phenoxy) is 1. The molecule has 0 saturated carbocycles. The Bertz CT molecular complexity index is 803. The number of aliphatic hydroxyl groups is 1. The molecule has 0 unspecified atom stereocenters. The normalized spacial score (nSPS) is 27.2. The van der Waals surface area contributed by atoms with Crippen LogP contribution in [0.25, 0.3) is 0 Å². The Morgan fingerprint density at radius 3 is 2.70 bits per heavy atom. The first-order valence-corrected chi connectivity index (χ1v) is 10.6. The average Bonchev–Trinajstić information content (AvgIpc) is 2.68. The van der Waals surface area contributed by atoms with Crippen molar-refractivity contribution < 1.29 is 14.6 Å². The summed E-state index contributed by atoms with van der Waals surface area (Å²) in [5.41, 5.74) is 14.9. The summed E-state index contributed by atoms with van der Waals surface area (Å²) in [4.78, 5) is 30.4. The van der Waals surface area contributed by atoms with Crippen molar-refractivity contribution in [3.63, 3.8) is 0 Å². The van der Waals surface area contributed by atoms with Crippen LogP contribution >= 0.6 is 0 Å². The lowest BCUT2D eigenvalue weighted by molar-refractivity contribution is -0.198. The van der Waals surface area contributed by atoms with Gasteiger partial charge in [-0.2, -0.15) is 4.98 Å². The second kappa shape index (κ2) is 9.01. The Kier molecular flexibility index (Phi) is 6.81. The van der Waals surface area contributed by atoms with Gasteiger partial charge in [0.1, 0.15) is 5.82 Å². The summed E-state index contributed by atoms with van der Waals surface area (Å²) in [6.45, 7) is 3.58. The maximum atomic E-state index is 12.6. The minimum atomic E-state index is -1.16. The number of aromatic nitrogens is 2. The Hall–Kier alpha value is -2.01. The van der Waals surface area contributed by atoms with Gasteiger partial charge in [0.2, 0.25) is 5.91 Å². The third-order valence-electron chi connectivity index (χ3n) is 6.41. The number of anilines is 1. The smallest absolute Gasteiger partial charge is 0.349 e. The van der Waals surface area contributed by atoms with E-state index in [2.05, 4.69) is 4.98 Å². The van der Waals surface area contributed by atoms with Crippen molar-refractivity contribution in [1.29, 1.82) is 0 Å². The summed E-state index contributed by atoms with van der Waals surface area (Å²) >= 11 is 0. The van der Waals surface area contributed by atoms with Crippen LogP contribution in [-0.2, 0) is 9.53 Å². The fourth-order valence-corrected chi connectivity index (χ4v) is 4.62. The lowest BCUT2D eigenvalue weighted by Gasteiger charge is -2.51. The molecule has 3 rings (SSSR count). The molecule has 0 radical (unpaired) electrons. The molecule has 3 heterocycles. The molecule has 1 aromatic rings. The predicted molar refractivity (Wildman–Crippen MR) is 113 cm³/mol. The number of nitrogens with zero attached hydrogens (tertiary/aromatic N) is 3. The van der Waals surface area contributed by atoms with Crippen LogP contribution in [0.15, 0.2) is 17.1 Å². The number of nitrogen functional groups attached to an aromatic ring is 1. The van der Waals surface area contributed by atoms with E-state index in [0.717, 1.165) is 12.8 Å². The van der Waals surface area contributed by atoms with E-state index in [-0.39, 0.29) is 18.3 Å². The van der Waals surface area contributed by atoms with Gasteiger partial charge < -0.3 is 31.9 Å². The van der Waals surface area contributed by atoms with Gasteiger partial charge in [-0.25, -0.2) is 4.79 Å². The fraction of sp³-hybridized carbons (Fsp3) is 0.750. The SMILES string of the molecule is C[C@]1(O)CC2(CCN(C(=O)[C@H](N)CCCCN)CC2)OC[C@@H]1n1ccc(N)nc1=O. The molecule has 7 N–H and O–H groups in total. The largest absolute Gasteiger partial charge is 0.388 e. The van der Waals surface area contributed by atoms with Crippen LogP contribution in [0.4, 0.5) is 5.82 Å². The number of hydrogen-bond donors (Lipinski definition) is 4. The number of likely N-dealkylation sites (tertiary alicyclic amines) is 1. The van der Waals surface area contributed by atoms with Gasteiger partial charge in [0, 0.05) is 25.7 Å². The molecule has 1 aromatic heterocycles. The first-order chi connectivity index (χ1) is 14.2. The lowest BCUT2D eigenvalue weighted by atomic mass is 9.75. The number of unbranched alkanes of at least 4 members (excludes halogenated alkanes) is 1. The summed E-state index contributed by atoms with van der Waals surface area (Å²) in [5.74, 6) is 0.101. The van der Waals surface area contributed by atoms with E-state index >= 15 is 0 Å². The summed E-state index contributed by atoms with van der Waals surface area (Å²) in [6, 6.07) is 0.470. The molecule has 2 saturated heterocycles. The molecular formula is C20H34N6O4. The monoisotopic (exact) mass is 422 g/mol. The average molecular weight is 423 g/mol. The van der Waals surface area contributed by atoms with Crippen molar-refractivity contribution in [3.05, 3.63) is 22.7 Å². The predicted octanol–water partition coefficient (Wildman–Crippen LogP) is -0.645. The van der Waals surface area contributed by atoms with Crippen LogP contribution in [0.5, 0.6) is 0 Å². The minimum Gasteiger partial charge on any atom is -0.388 e. The molecule has 10 nitrogen and oxygen atoms in total. The van der Waals surface area contributed by atoms with Gasteiger partial charge in [0.05, 0.1) is 29.9 Å². The topological polar surface area (TPSA) is 163 Å². The number of hydrogen-bond acceptors (Lipinski definition) is 8. The van der Waals surface area contributed by atoms with E-state index in [1.807, 2.05) is 0 Å². The maximum Gasteiger partial charge on any atom is 0.349 e. The molecule has 0 aliphatic carbocycles. The molecule has 2 aliphatic rings. The first kappa shape index (κ1) is 22.7. The highest BCUT2D eigenvalue weighted by atomic mass is 16.5. The molecule has 0 aromatic carbocycles. The highest BCUT2D eigenvalue weighted by molar-refractivity contribution is 5.81. The summed E-state index contributed by atoms with van der Waals surface area (Å²) in [7, 11) is 0. The zero-order chi connectivity index (χ0) is 21.9. The molecular weight excluding hydrogens is 388 g/mol. The standard InChI is InChI=1S/C20H34N6O4/c1-19(29)13-20(30-12-15(19)26-9-5-16(23)24-18(26)28)6-10-25(11-7-20)17(27)14(22)4-2-3-8-21/h5,9,14-15,29H,2-4,6-8,10-13,21-22H2,1H3,(H2,23,24,28)/t14-,15+,19+/m1/s1. The van der Waals surface area contributed by atoms with Crippen molar-refractivity contribution in [3.8, 4) is 0 Å². The quantitative estimate of drug-likeness (QED) is 0.440. The molecule has 1 amide bonds. The van der Waals surface area contributed by atoms with E-state index in [0.29, 0.717) is 45.3 Å². The van der Waals surface area contributed by atoms with Crippen molar-refractivity contribution in [2.45, 2.75) is 68.7 Å². The molecule has 2 aliphatic heterocycles. The molecule has 30 heavy (non-hydrogen) atoms. The molecule has 3 atom stereocenters. The Balaban J connectivity index is 1.61. The summed E-state index contributed by atoms with van der Waals surface area (Å²) in [6.07, 6.45) is 5.48. The maximum absolute atomic E-state index is 12.6. The van der Waals surface area contributed by atoms with Crippen LogP contribution in [0.3, 0.4) is 0 Å². The van der Waals surface area contributed by atoms with Gasteiger partial charge in [-0.15, -0.1) is 0 Å². The fourth-order valence-electron chi connectivity index (χ4n) is 4.62. The van der Waals surface area contributed by atoms with Gasteiger partial charge >= 0.3 is 5.69 Å². The Morgan fingerprint density at radius 2 is 2.10 bits per heavy atom. The molecule has 10 heteroatoms. The van der Waals surface area contributed by atoms with E-state index in [4.69, 9.17) is 21.9 Å².